The van der Waals surface area contributed by atoms with Crippen LogP contribution in [0.4, 0.5) is 15.8 Å². The van der Waals surface area contributed by atoms with Crippen LogP contribution in [0.25, 0.3) is 0 Å². The smallest absolute Gasteiger partial charge is 0.274 e. The first kappa shape index (κ1) is 13.3. The standard InChI is InChI=1S/C12H14FN3O3/c1-12(11(14)17)2-3-15(7-12)9-4-8(13)5-10(6-9)16(18)19/h4-6H,2-3,7H2,1H3,(H2,14,17). The molecule has 19 heavy (non-hydrogen) atoms. The Hall–Kier alpha value is -2.18. The van der Waals surface area contributed by atoms with Crippen molar-refractivity contribution in [3.8, 4) is 0 Å². The summed E-state index contributed by atoms with van der Waals surface area (Å²) >= 11 is 0. The molecule has 1 heterocycles. The molecule has 1 aliphatic rings. The van der Waals surface area contributed by atoms with E-state index in [2.05, 4.69) is 0 Å². The highest BCUT2D eigenvalue weighted by Crippen LogP contribution is 2.34. The number of benzene rings is 1. The molecule has 0 spiro atoms. The Morgan fingerprint density at radius 2 is 2.21 bits per heavy atom. The van der Waals surface area contributed by atoms with Crippen LogP contribution in [-0.4, -0.2) is 23.9 Å². The van der Waals surface area contributed by atoms with Crippen molar-refractivity contribution in [3.63, 3.8) is 0 Å². The zero-order valence-electron chi connectivity index (χ0n) is 10.4. The number of anilines is 1. The molecule has 2 rings (SSSR count). The Morgan fingerprint density at radius 3 is 2.74 bits per heavy atom. The summed E-state index contributed by atoms with van der Waals surface area (Å²) in [5.74, 6) is -1.09. The highest BCUT2D eigenvalue weighted by atomic mass is 19.1. The van der Waals surface area contributed by atoms with Crippen molar-refractivity contribution in [2.45, 2.75) is 13.3 Å². The van der Waals surface area contributed by atoms with Crippen LogP contribution in [0, 0.1) is 21.3 Å². The molecule has 1 unspecified atom stereocenters. The highest BCUT2D eigenvalue weighted by molar-refractivity contribution is 5.82. The molecule has 7 heteroatoms. The summed E-state index contributed by atoms with van der Waals surface area (Å²) in [6, 6.07) is 3.39. The number of nitrogens with two attached hydrogens (primary N) is 1. The average molecular weight is 267 g/mol. The Labute approximate surface area is 109 Å². The number of nitro groups is 1. The molecule has 0 radical (unpaired) electrons. The lowest BCUT2D eigenvalue weighted by Crippen LogP contribution is -2.37. The van der Waals surface area contributed by atoms with Crippen LogP contribution in [0.15, 0.2) is 18.2 Å². The molecule has 1 fully saturated rings. The lowest BCUT2D eigenvalue weighted by atomic mass is 9.89. The van der Waals surface area contributed by atoms with Crippen molar-refractivity contribution in [1.29, 1.82) is 0 Å². The second-order valence-corrected chi connectivity index (χ2v) is 5.02. The first-order valence-electron chi connectivity index (χ1n) is 5.82. The number of carbonyl (C=O) groups is 1. The second kappa shape index (κ2) is 4.49. The Bertz CT molecular complexity index is 549. The monoisotopic (exact) mass is 267 g/mol. The van der Waals surface area contributed by atoms with Crippen LogP contribution in [0.3, 0.4) is 0 Å². The van der Waals surface area contributed by atoms with Crippen molar-refractivity contribution >= 4 is 17.3 Å². The number of carbonyl (C=O) groups excluding carboxylic acids is 1. The van der Waals surface area contributed by atoms with Crippen LogP contribution < -0.4 is 10.6 Å². The van der Waals surface area contributed by atoms with Crippen molar-refractivity contribution < 1.29 is 14.1 Å². The van der Waals surface area contributed by atoms with Gasteiger partial charge in [-0.05, 0) is 19.4 Å². The van der Waals surface area contributed by atoms with Crippen LogP contribution in [-0.2, 0) is 4.79 Å². The minimum absolute atomic E-state index is 0.303. The van der Waals surface area contributed by atoms with E-state index in [0.717, 1.165) is 6.07 Å². The summed E-state index contributed by atoms with van der Waals surface area (Å²) in [5.41, 5.74) is 4.75. The summed E-state index contributed by atoms with van der Waals surface area (Å²) in [7, 11) is 0. The maximum Gasteiger partial charge on any atom is 0.274 e. The molecule has 2 N–H and O–H groups in total. The Morgan fingerprint density at radius 1 is 1.53 bits per heavy atom. The molecule has 6 nitrogen and oxygen atoms in total. The zero-order valence-corrected chi connectivity index (χ0v) is 10.4. The topological polar surface area (TPSA) is 89.5 Å². The molecule has 1 aromatic rings. The van der Waals surface area contributed by atoms with E-state index >= 15 is 0 Å². The van der Waals surface area contributed by atoms with Crippen molar-refractivity contribution in [2.75, 3.05) is 18.0 Å². The summed E-state index contributed by atoms with van der Waals surface area (Å²) in [6.07, 6.45) is 0.548. The van der Waals surface area contributed by atoms with Gasteiger partial charge in [0.1, 0.15) is 5.82 Å². The molecule has 1 saturated heterocycles. The second-order valence-electron chi connectivity index (χ2n) is 5.02. The molecule has 1 atom stereocenters. The molecular weight excluding hydrogens is 253 g/mol. The van der Waals surface area contributed by atoms with Gasteiger partial charge in [0.15, 0.2) is 0 Å². The summed E-state index contributed by atoms with van der Waals surface area (Å²) < 4.78 is 13.4. The normalized spacial score (nSPS) is 22.5. The van der Waals surface area contributed by atoms with Gasteiger partial charge in [-0.1, -0.05) is 0 Å². The lowest BCUT2D eigenvalue weighted by molar-refractivity contribution is -0.385. The summed E-state index contributed by atoms with van der Waals surface area (Å²) in [4.78, 5) is 23.2. The number of hydrogen-bond donors (Lipinski definition) is 1. The third-order valence-corrected chi connectivity index (χ3v) is 3.51. The van der Waals surface area contributed by atoms with Gasteiger partial charge in [-0.15, -0.1) is 0 Å². The van der Waals surface area contributed by atoms with E-state index in [9.17, 15) is 19.3 Å². The van der Waals surface area contributed by atoms with E-state index < -0.39 is 22.1 Å². The van der Waals surface area contributed by atoms with E-state index in [4.69, 9.17) is 5.73 Å². The first-order chi connectivity index (χ1) is 8.82. The van der Waals surface area contributed by atoms with E-state index in [0.29, 0.717) is 25.2 Å². The molecule has 0 aliphatic carbocycles. The number of nitro benzene ring substituents is 1. The number of amides is 1. The van der Waals surface area contributed by atoms with Crippen LogP contribution in [0.5, 0.6) is 0 Å². The number of primary amides is 1. The van der Waals surface area contributed by atoms with Crippen LogP contribution in [0.1, 0.15) is 13.3 Å². The van der Waals surface area contributed by atoms with E-state index in [1.165, 1.54) is 12.1 Å². The van der Waals surface area contributed by atoms with Gasteiger partial charge in [0.05, 0.1) is 16.4 Å². The average Bonchev–Trinajstić information content (AvgIpc) is 2.72. The molecule has 0 saturated carbocycles. The van der Waals surface area contributed by atoms with Crippen LogP contribution >= 0.6 is 0 Å². The third-order valence-electron chi connectivity index (χ3n) is 3.51. The minimum atomic E-state index is -0.679. The lowest BCUT2D eigenvalue weighted by Gasteiger charge is -2.22. The number of hydrogen-bond acceptors (Lipinski definition) is 4. The molecule has 1 amide bonds. The molecule has 1 aliphatic heterocycles. The Balaban J connectivity index is 2.29. The van der Waals surface area contributed by atoms with E-state index in [1.807, 2.05) is 0 Å². The number of nitrogens with zero attached hydrogens (tertiary/aromatic N) is 2. The van der Waals surface area contributed by atoms with Gasteiger partial charge in [-0.2, -0.15) is 0 Å². The van der Waals surface area contributed by atoms with Crippen molar-refractivity contribution in [3.05, 3.63) is 34.1 Å². The van der Waals surface area contributed by atoms with E-state index in [-0.39, 0.29) is 5.69 Å². The molecule has 0 bridgehead atoms. The van der Waals surface area contributed by atoms with Gasteiger partial charge in [0, 0.05) is 24.8 Å². The Kier molecular flexibility index (Phi) is 3.13. The summed E-state index contributed by atoms with van der Waals surface area (Å²) in [6.45, 7) is 2.59. The quantitative estimate of drug-likeness (QED) is 0.662. The number of non-ortho nitro benzene ring substituents is 1. The fourth-order valence-electron chi connectivity index (χ4n) is 2.23. The fraction of sp³-hybridized carbons (Fsp3) is 0.417. The van der Waals surface area contributed by atoms with Gasteiger partial charge >= 0.3 is 0 Å². The first-order valence-corrected chi connectivity index (χ1v) is 5.82. The third kappa shape index (κ3) is 2.49. The van der Waals surface area contributed by atoms with Gasteiger partial charge in [0.2, 0.25) is 5.91 Å². The summed E-state index contributed by atoms with van der Waals surface area (Å²) in [5, 5.41) is 10.7. The number of rotatable bonds is 3. The van der Waals surface area contributed by atoms with Crippen LogP contribution in [0.2, 0.25) is 0 Å². The molecule has 102 valence electrons. The molecule has 0 aromatic heterocycles. The molecular formula is C12H14FN3O3. The van der Waals surface area contributed by atoms with Crippen molar-refractivity contribution in [2.24, 2.45) is 11.1 Å². The molecule has 1 aromatic carbocycles. The SMILES string of the molecule is CC1(C(N)=O)CCN(c2cc(F)cc([N+](=O)[O-])c2)C1. The minimum Gasteiger partial charge on any atom is -0.370 e. The maximum absolute atomic E-state index is 13.4. The largest absolute Gasteiger partial charge is 0.370 e. The van der Waals surface area contributed by atoms with Gasteiger partial charge in [-0.25, -0.2) is 4.39 Å². The highest BCUT2D eigenvalue weighted by Gasteiger charge is 2.39. The predicted octanol–water partition coefficient (Wildman–Crippen LogP) is 1.44. The van der Waals surface area contributed by atoms with Gasteiger partial charge in [-0.3, -0.25) is 14.9 Å². The zero-order chi connectivity index (χ0) is 14.2. The fourth-order valence-corrected chi connectivity index (χ4v) is 2.23. The van der Waals surface area contributed by atoms with Gasteiger partial charge < -0.3 is 10.6 Å². The maximum atomic E-state index is 13.4. The number of halogens is 1. The van der Waals surface area contributed by atoms with E-state index in [1.54, 1.807) is 11.8 Å². The van der Waals surface area contributed by atoms with Gasteiger partial charge in [0.25, 0.3) is 5.69 Å². The predicted molar refractivity (Wildman–Crippen MR) is 67.2 cm³/mol. The van der Waals surface area contributed by atoms with Crippen molar-refractivity contribution in [1.82, 2.24) is 0 Å².